The molecule has 0 radical (unpaired) electrons. The molecule has 4 heterocycles. The number of rotatable bonds is 4. The molecule has 1 fully saturated rings. The molecule has 0 saturated carbocycles. The van der Waals surface area contributed by atoms with Crippen LogP contribution in [-0.2, 0) is 11.3 Å². The van der Waals surface area contributed by atoms with E-state index in [0.29, 0.717) is 30.9 Å². The van der Waals surface area contributed by atoms with Crippen molar-refractivity contribution < 1.29 is 14.7 Å². The van der Waals surface area contributed by atoms with Crippen molar-refractivity contribution >= 4 is 23.2 Å². The molecule has 2 aromatic heterocycles. The van der Waals surface area contributed by atoms with Gasteiger partial charge in [0.2, 0.25) is 5.91 Å². The summed E-state index contributed by atoms with van der Waals surface area (Å²) in [5.41, 5.74) is 1.73. The van der Waals surface area contributed by atoms with Crippen LogP contribution in [0.1, 0.15) is 52.5 Å². The molecule has 6 nitrogen and oxygen atoms in total. The number of nitrogens with zero attached hydrogens (tertiary/aromatic N) is 3. The first-order chi connectivity index (χ1) is 13.7. The average Bonchev–Trinajstić information content (AvgIpc) is 3.27. The number of aromatic nitrogens is 1. The molecule has 1 saturated heterocycles. The summed E-state index contributed by atoms with van der Waals surface area (Å²) in [7, 11) is 0. The van der Waals surface area contributed by atoms with Gasteiger partial charge >= 0.3 is 0 Å². The van der Waals surface area contributed by atoms with Crippen molar-refractivity contribution in [2.24, 2.45) is 0 Å². The predicted molar refractivity (Wildman–Crippen MR) is 107 cm³/mol. The number of amides is 2. The van der Waals surface area contributed by atoms with Gasteiger partial charge in [-0.25, -0.2) is 0 Å². The third-order valence-electron chi connectivity index (χ3n) is 5.71. The fourth-order valence-corrected chi connectivity index (χ4v) is 5.01. The molecule has 2 aliphatic rings. The van der Waals surface area contributed by atoms with Gasteiger partial charge in [0.1, 0.15) is 0 Å². The summed E-state index contributed by atoms with van der Waals surface area (Å²) in [6.45, 7) is 1.61. The lowest BCUT2D eigenvalue weighted by Gasteiger charge is -2.40. The molecule has 28 heavy (non-hydrogen) atoms. The number of aliphatic hydroxyl groups excluding tert-OH is 1. The van der Waals surface area contributed by atoms with Crippen LogP contribution in [0, 0.1) is 0 Å². The monoisotopic (exact) mass is 399 g/mol. The van der Waals surface area contributed by atoms with E-state index in [1.165, 1.54) is 11.3 Å². The van der Waals surface area contributed by atoms with Gasteiger partial charge in [0, 0.05) is 38.5 Å². The van der Waals surface area contributed by atoms with E-state index in [4.69, 9.17) is 0 Å². The number of piperidine rings is 1. The third-order valence-corrected chi connectivity index (χ3v) is 6.57. The van der Waals surface area contributed by atoms with E-state index in [-0.39, 0.29) is 24.5 Å². The number of thiophene rings is 1. The first-order valence-corrected chi connectivity index (χ1v) is 10.7. The number of hydrogen-bond acceptors (Lipinski definition) is 5. The Morgan fingerprint density at radius 1 is 1.25 bits per heavy atom. The molecule has 2 unspecified atom stereocenters. The maximum atomic E-state index is 13.5. The standard InChI is InChI=1S/C21H25N3O3S/c25-11-8-16-6-1-2-10-24(16)20(26)17-14-23(21(27)18-7-4-12-28-18)13-15-5-3-9-22-19(15)17/h3-5,7,9,12,16-17,25H,1-2,6,8,10-11,13-14H2. The second kappa shape index (κ2) is 8.41. The van der Waals surface area contributed by atoms with E-state index >= 15 is 0 Å². The van der Waals surface area contributed by atoms with Gasteiger partial charge in [0.05, 0.1) is 16.5 Å². The Hall–Kier alpha value is -2.25. The highest BCUT2D eigenvalue weighted by Gasteiger charge is 2.38. The second-order valence-corrected chi connectivity index (χ2v) is 8.40. The third kappa shape index (κ3) is 3.69. The van der Waals surface area contributed by atoms with Crippen LogP contribution < -0.4 is 0 Å². The Kier molecular flexibility index (Phi) is 5.73. The largest absolute Gasteiger partial charge is 0.396 e. The topological polar surface area (TPSA) is 73.7 Å². The molecule has 0 bridgehead atoms. The van der Waals surface area contributed by atoms with Gasteiger partial charge < -0.3 is 14.9 Å². The SMILES string of the molecule is O=C(c1cccs1)N1Cc2cccnc2C(C(=O)N2CCCCC2CCO)C1. The molecule has 148 valence electrons. The van der Waals surface area contributed by atoms with Gasteiger partial charge in [0.15, 0.2) is 0 Å². The molecule has 2 aliphatic heterocycles. The van der Waals surface area contributed by atoms with Crippen LogP contribution in [0.4, 0.5) is 0 Å². The van der Waals surface area contributed by atoms with Gasteiger partial charge in [-0.1, -0.05) is 12.1 Å². The first kappa shape index (κ1) is 19.1. The minimum Gasteiger partial charge on any atom is -0.396 e. The maximum absolute atomic E-state index is 13.5. The van der Waals surface area contributed by atoms with Crippen molar-refractivity contribution in [1.82, 2.24) is 14.8 Å². The lowest BCUT2D eigenvalue weighted by molar-refractivity contribution is -0.137. The molecule has 0 aliphatic carbocycles. The first-order valence-electron chi connectivity index (χ1n) is 9.87. The average molecular weight is 400 g/mol. The highest BCUT2D eigenvalue weighted by Crippen LogP contribution is 2.32. The van der Waals surface area contributed by atoms with Gasteiger partial charge in [0.25, 0.3) is 5.91 Å². The normalized spacial score (nSPS) is 22.0. The Labute approximate surface area is 168 Å². The molecular weight excluding hydrogens is 374 g/mol. The summed E-state index contributed by atoms with van der Waals surface area (Å²) in [5.74, 6) is -0.456. The molecule has 4 rings (SSSR count). The van der Waals surface area contributed by atoms with Crippen molar-refractivity contribution in [3.05, 3.63) is 52.0 Å². The molecule has 2 aromatic rings. The highest BCUT2D eigenvalue weighted by molar-refractivity contribution is 7.12. The molecule has 0 aromatic carbocycles. The Morgan fingerprint density at radius 2 is 2.14 bits per heavy atom. The van der Waals surface area contributed by atoms with Crippen LogP contribution in [0.25, 0.3) is 0 Å². The van der Waals surface area contributed by atoms with Crippen molar-refractivity contribution in [3.63, 3.8) is 0 Å². The van der Waals surface area contributed by atoms with Crippen LogP contribution in [0.3, 0.4) is 0 Å². The zero-order chi connectivity index (χ0) is 19.5. The molecule has 7 heteroatoms. The van der Waals surface area contributed by atoms with Crippen LogP contribution in [0.5, 0.6) is 0 Å². The van der Waals surface area contributed by atoms with E-state index in [1.807, 2.05) is 34.5 Å². The maximum Gasteiger partial charge on any atom is 0.264 e. The number of fused-ring (bicyclic) bond motifs is 1. The summed E-state index contributed by atoms with van der Waals surface area (Å²) in [6, 6.07) is 7.58. The second-order valence-electron chi connectivity index (χ2n) is 7.46. The van der Waals surface area contributed by atoms with E-state index in [9.17, 15) is 14.7 Å². The fourth-order valence-electron chi connectivity index (χ4n) is 4.32. The summed E-state index contributed by atoms with van der Waals surface area (Å²) in [6.07, 6.45) is 5.30. The minimum atomic E-state index is -0.451. The Balaban J connectivity index is 1.62. The van der Waals surface area contributed by atoms with Crippen molar-refractivity contribution in [3.8, 4) is 0 Å². The number of carbonyl (C=O) groups is 2. The van der Waals surface area contributed by atoms with Crippen molar-refractivity contribution in [1.29, 1.82) is 0 Å². The molecule has 1 N–H and O–H groups in total. The number of likely N-dealkylation sites (tertiary alicyclic amines) is 1. The highest BCUT2D eigenvalue weighted by atomic mass is 32.1. The zero-order valence-electron chi connectivity index (χ0n) is 15.8. The molecule has 2 amide bonds. The van der Waals surface area contributed by atoms with Gasteiger partial charge in [-0.2, -0.15) is 0 Å². The van der Waals surface area contributed by atoms with E-state index in [1.54, 1.807) is 11.1 Å². The summed E-state index contributed by atoms with van der Waals surface area (Å²) in [5, 5.41) is 11.3. The quantitative estimate of drug-likeness (QED) is 0.858. The number of hydrogen-bond donors (Lipinski definition) is 1. The predicted octanol–water partition coefficient (Wildman–Crippen LogP) is 2.65. The molecule has 2 atom stereocenters. The summed E-state index contributed by atoms with van der Waals surface area (Å²) < 4.78 is 0. The smallest absolute Gasteiger partial charge is 0.264 e. The van der Waals surface area contributed by atoms with Gasteiger partial charge in [-0.15, -0.1) is 11.3 Å². The zero-order valence-corrected chi connectivity index (χ0v) is 16.6. The molecular formula is C21H25N3O3S. The number of aliphatic hydroxyl groups is 1. The van der Waals surface area contributed by atoms with Gasteiger partial charge in [-0.05, 0) is 48.8 Å². The summed E-state index contributed by atoms with van der Waals surface area (Å²) in [4.78, 5) is 35.4. The van der Waals surface area contributed by atoms with Gasteiger partial charge in [-0.3, -0.25) is 14.6 Å². The lowest BCUT2D eigenvalue weighted by atomic mass is 9.90. The summed E-state index contributed by atoms with van der Waals surface area (Å²) >= 11 is 1.42. The van der Waals surface area contributed by atoms with Crippen LogP contribution >= 0.6 is 11.3 Å². The van der Waals surface area contributed by atoms with Crippen molar-refractivity contribution in [2.75, 3.05) is 19.7 Å². The Bertz CT molecular complexity index is 837. The minimum absolute atomic E-state index is 0.0294. The number of carbonyl (C=O) groups excluding carboxylic acids is 2. The Morgan fingerprint density at radius 3 is 2.93 bits per heavy atom. The van der Waals surface area contributed by atoms with E-state index < -0.39 is 5.92 Å². The van der Waals surface area contributed by atoms with E-state index in [2.05, 4.69) is 4.98 Å². The molecule has 0 spiro atoms. The number of pyridine rings is 1. The van der Waals surface area contributed by atoms with Crippen molar-refractivity contribution in [2.45, 2.75) is 44.2 Å². The van der Waals surface area contributed by atoms with Crippen LogP contribution in [0.15, 0.2) is 35.8 Å². The van der Waals surface area contributed by atoms with E-state index in [0.717, 1.165) is 30.5 Å². The fraction of sp³-hybridized carbons (Fsp3) is 0.476. The lowest BCUT2D eigenvalue weighted by Crippen LogP contribution is -2.50. The van der Waals surface area contributed by atoms with Crippen LogP contribution in [0.2, 0.25) is 0 Å². The van der Waals surface area contributed by atoms with Crippen LogP contribution in [-0.4, -0.2) is 57.4 Å².